The highest BCUT2D eigenvalue weighted by Gasteiger charge is 2.25. The van der Waals surface area contributed by atoms with Gasteiger partial charge in [-0.1, -0.05) is 0 Å². The number of thiophene rings is 1. The molecule has 0 saturated carbocycles. The summed E-state index contributed by atoms with van der Waals surface area (Å²) < 4.78 is 23.8. The van der Waals surface area contributed by atoms with Gasteiger partial charge < -0.3 is 111 Å². The maximum Gasteiger partial charge on any atom is 0.130 e. The van der Waals surface area contributed by atoms with Crippen LogP contribution in [0.4, 0.5) is 0 Å². The average Bonchev–Trinajstić information content (AvgIpc) is 2.03. The summed E-state index contributed by atoms with van der Waals surface area (Å²) in [6, 6.07) is 18.2. The zero-order valence-electron chi connectivity index (χ0n) is 51.0. The first-order chi connectivity index (χ1) is 44.3. The maximum atomic E-state index is 11.4. The molecule has 0 spiro atoms. The second kappa shape index (κ2) is 28.8. The zero-order valence-corrected chi connectivity index (χ0v) is 51.8. The number of hydrogen-bond donors (Lipinski definition) is 18. The first-order valence-electron chi connectivity index (χ1n) is 29.1. The summed E-state index contributed by atoms with van der Waals surface area (Å²) >= 11 is 1.45. The SMILES string of the molecule is Cc1cc(C(O)c2ccsc2)cc(COCc2cc(C)c(O)c(COCc3cc(Cc4cc(Cc5cc(COCc6c(COCc7cc(CO)c(O)c(Cc8cc(O)c(C)c(O)c8CO)c7O)cc(O)c(C)c6O)c(O)cc5O)c(O)cc4O)c(O)cc3O)c2O)c1O. The lowest BCUT2D eigenvalue weighted by molar-refractivity contribution is 0.0901. The number of aryl methyl sites for hydroxylation is 2. The van der Waals surface area contributed by atoms with Crippen LogP contribution in [0.1, 0.15) is 128 Å². The molecule has 0 aliphatic carbocycles. The Labute approximate surface area is 537 Å². The van der Waals surface area contributed by atoms with E-state index in [-0.39, 0.29) is 236 Å². The molecule has 1 atom stereocenters. The number of aliphatic hydroxyl groups excluding tert-OH is 3. The molecular weight excluding hydrogens is 1220 g/mol. The monoisotopic (exact) mass is 1300 g/mol. The summed E-state index contributed by atoms with van der Waals surface area (Å²) in [5.41, 5.74) is 5.01. The van der Waals surface area contributed by atoms with Gasteiger partial charge in [0.05, 0.1) is 71.6 Å². The van der Waals surface area contributed by atoms with Crippen LogP contribution in [0.25, 0.3) is 0 Å². The largest absolute Gasteiger partial charge is 0.508 e. The summed E-state index contributed by atoms with van der Waals surface area (Å²) in [4.78, 5) is 0. The van der Waals surface area contributed by atoms with Crippen LogP contribution in [0, 0.1) is 27.7 Å². The van der Waals surface area contributed by atoms with Gasteiger partial charge >= 0.3 is 0 Å². The number of aromatic hydroxyl groups is 15. The smallest absolute Gasteiger partial charge is 0.130 e. The lowest BCUT2D eigenvalue weighted by Crippen LogP contribution is -2.05. The molecule has 22 nitrogen and oxygen atoms in total. The number of phenols is 15. The minimum absolute atomic E-state index is 0.00430. The molecule has 8 aromatic carbocycles. The molecule has 9 rings (SSSR count). The van der Waals surface area contributed by atoms with Crippen LogP contribution in [-0.2, 0) is 104 Å². The predicted octanol–water partition coefficient (Wildman–Crippen LogP) is 10.3. The van der Waals surface area contributed by atoms with Crippen LogP contribution >= 0.6 is 11.3 Å². The summed E-state index contributed by atoms with van der Waals surface area (Å²) in [5, 5.41) is 199. The predicted molar refractivity (Wildman–Crippen MR) is 338 cm³/mol. The molecule has 23 heteroatoms. The van der Waals surface area contributed by atoms with Crippen molar-refractivity contribution >= 4 is 11.3 Å². The Morgan fingerprint density at radius 1 is 0.312 bits per heavy atom. The van der Waals surface area contributed by atoms with Crippen LogP contribution in [0.15, 0.2) is 89.6 Å². The molecule has 1 heterocycles. The fourth-order valence-corrected chi connectivity index (χ4v) is 11.7. The molecule has 0 radical (unpaired) electrons. The summed E-state index contributed by atoms with van der Waals surface area (Å²) in [5.74, 6) is -4.92. The van der Waals surface area contributed by atoms with E-state index in [9.17, 15) is 91.9 Å². The third kappa shape index (κ3) is 14.8. The molecule has 0 fully saturated rings. The third-order valence-corrected chi connectivity index (χ3v) is 17.2. The van der Waals surface area contributed by atoms with Crippen molar-refractivity contribution in [3.63, 3.8) is 0 Å². The molecule has 0 amide bonds. The van der Waals surface area contributed by atoms with Crippen molar-refractivity contribution in [3.05, 3.63) is 212 Å². The molecule has 9 aromatic rings. The van der Waals surface area contributed by atoms with Crippen LogP contribution in [0.2, 0.25) is 0 Å². The quantitative estimate of drug-likeness (QED) is 0.0239. The van der Waals surface area contributed by atoms with E-state index in [0.717, 1.165) is 18.2 Å². The highest BCUT2D eigenvalue weighted by molar-refractivity contribution is 7.08. The lowest BCUT2D eigenvalue weighted by Gasteiger charge is -2.19. The van der Waals surface area contributed by atoms with Gasteiger partial charge in [-0.2, -0.15) is 11.3 Å². The Bertz CT molecular complexity index is 4260. The number of benzene rings is 8. The van der Waals surface area contributed by atoms with E-state index in [2.05, 4.69) is 0 Å². The first-order valence-corrected chi connectivity index (χ1v) is 30.0. The molecule has 1 aromatic heterocycles. The summed E-state index contributed by atoms with van der Waals surface area (Å²) in [7, 11) is 0. The Morgan fingerprint density at radius 2 is 0.720 bits per heavy atom. The zero-order chi connectivity index (χ0) is 67.3. The van der Waals surface area contributed by atoms with E-state index in [1.807, 2.05) is 16.8 Å². The standard InChI is InChI=1S/C70H72O22S/c1-33-7-43(67(85)37-5-6-93-32-37)14-49(63(33)81)28-90-27-48-8-34(2)64(82)54(70(48)88)31-92-26-47-13-42(60(78)21-62(47)80)11-40-9-39(57(75)19-58(40)76)10-41-12-46(61(79)20-59(41)77)25-91-30-53-45(18-56(74)36(4)66(53)84)24-89-29-50-15-44(22-71)68(86)51(69(50)87)16-38-17-55(73)35(3)65(83)52(38)23-72/h5-9,12-15,17-21,32,67,71-88H,10-11,16,22-31H2,1-4H3. The van der Waals surface area contributed by atoms with E-state index in [0.29, 0.717) is 33.4 Å². The van der Waals surface area contributed by atoms with Crippen molar-refractivity contribution in [2.45, 2.75) is 119 Å². The van der Waals surface area contributed by atoms with E-state index in [1.165, 1.54) is 61.6 Å². The van der Waals surface area contributed by atoms with Gasteiger partial charge in [-0.05, 0) is 155 Å². The van der Waals surface area contributed by atoms with Gasteiger partial charge in [-0.3, -0.25) is 0 Å². The van der Waals surface area contributed by atoms with Crippen molar-refractivity contribution in [2.75, 3.05) is 0 Å². The van der Waals surface area contributed by atoms with E-state index >= 15 is 0 Å². The molecule has 0 saturated heterocycles. The van der Waals surface area contributed by atoms with Crippen molar-refractivity contribution in [3.8, 4) is 86.2 Å². The van der Waals surface area contributed by atoms with Gasteiger partial charge in [0.25, 0.3) is 0 Å². The normalized spacial score (nSPS) is 11.9. The van der Waals surface area contributed by atoms with E-state index < -0.39 is 30.8 Å². The topological polar surface area (TPSA) is 401 Å². The second-order valence-corrected chi connectivity index (χ2v) is 23.6. The van der Waals surface area contributed by atoms with Crippen LogP contribution in [0.5, 0.6) is 86.2 Å². The highest BCUT2D eigenvalue weighted by Crippen LogP contribution is 2.44. The van der Waals surface area contributed by atoms with E-state index in [4.69, 9.17) is 18.9 Å². The third-order valence-electron chi connectivity index (χ3n) is 16.5. The van der Waals surface area contributed by atoms with Gasteiger partial charge in [-0.25, -0.2) is 0 Å². The highest BCUT2D eigenvalue weighted by atomic mass is 32.1. The summed E-state index contributed by atoms with van der Waals surface area (Å²) in [6.45, 7) is 2.85. The van der Waals surface area contributed by atoms with Crippen LogP contribution in [-0.4, -0.2) is 91.9 Å². The Hall–Kier alpha value is -9.82. The molecule has 18 N–H and O–H groups in total. The van der Waals surface area contributed by atoms with Crippen molar-refractivity contribution < 1.29 is 111 Å². The van der Waals surface area contributed by atoms with Gasteiger partial charge in [-0.15, -0.1) is 0 Å². The maximum absolute atomic E-state index is 11.4. The average molecular weight is 1300 g/mol. The van der Waals surface area contributed by atoms with Gasteiger partial charge in [0.1, 0.15) is 92.3 Å². The molecular formula is C70H72O22S. The van der Waals surface area contributed by atoms with Gasteiger partial charge in [0.15, 0.2) is 0 Å². The Morgan fingerprint density at radius 3 is 1.24 bits per heavy atom. The number of hydrogen-bond acceptors (Lipinski definition) is 23. The Balaban J connectivity index is 0.843. The van der Waals surface area contributed by atoms with Gasteiger partial charge in [0, 0.05) is 98.7 Å². The number of phenolic OH excluding ortho intramolecular Hbond substituents is 13. The fraction of sp³-hybridized carbons (Fsp3) is 0.257. The number of rotatable bonds is 26. The minimum Gasteiger partial charge on any atom is -0.508 e. The molecule has 490 valence electrons. The Kier molecular flexibility index (Phi) is 20.9. The molecule has 93 heavy (non-hydrogen) atoms. The number of ether oxygens (including phenoxy) is 4. The lowest BCUT2D eigenvalue weighted by atomic mass is 9.93. The molecule has 1 unspecified atom stereocenters. The molecule has 0 aliphatic heterocycles. The first kappa shape index (κ1) is 67.6. The van der Waals surface area contributed by atoms with Crippen molar-refractivity contribution in [1.82, 2.24) is 0 Å². The van der Waals surface area contributed by atoms with Crippen LogP contribution < -0.4 is 0 Å². The van der Waals surface area contributed by atoms with Crippen molar-refractivity contribution in [1.29, 1.82) is 0 Å². The fourth-order valence-electron chi connectivity index (χ4n) is 11.0. The van der Waals surface area contributed by atoms with Gasteiger partial charge in [0.2, 0.25) is 0 Å². The molecule has 0 aliphatic rings. The second-order valence-electron chi connectivity index (χ2n) is 22.9. The minimum atomic E-state index is -0.916. The van der Waals surface area contributed by atoms with Crippen LogP contribution in [0.3, 0.4) is 0 Å². The van der Waals surface area contributed by atoms with Crippen molar-refractivity contribution in [2.24, 2.45) is 0 Å². The number of aliphatic hydroxyl groups is 3. The summed E-state index contributed by atoms with van der Waals surface area (Å²) in [6.07, 6.45) is -1.52. The van der Waals surface area contributed by atoms with E-state index in [1.54, 1.807) is 32.0 Å². The molecule has 0 bridgehead atoms.